The Morgan fingerprint density at radius 3 is 2.40 bits per heavy atom. The maximum atomic E-state index is 2.63. The minimum absolute atomic E-state index is 0.0727. The molecule has 6 rings (SSSR count). The molecule has 232 valence electrons. The zero-order valence-corrected chi connectivity index (χ0v) is 29.8. The lowest BCUT2D eigenvalue weighted by Crippen LogP contribution is -2.38. The molecule has 1 fully saturated rings. The van der Waals surface area contributed by atoms with Crippen molar-refractivity contribution < 1.29 is 0 Å². The van der Waals surface area contributed by atoms with Gasteiger partial charge < -0.3 is 8.01 Å². The Morgan fingerprint density at radius 1 is 0.867 bits per heavy atom. The largest absolute Gasteiger partial charge is 0.367 e. The van der Waals surface area contributed by atoms with Gasteiger partial charge in [-0.05, 0) is 53.8 Å². The molecule has 1 saturated heterocycles. The van der Waals surface area contributed by atoms with Crippen molar-refractivity contribution in [3.63, 3.8) is 0 Å². The molecule has 3 aromatic carbocycles. The molecule has 2 aliphatic heterocycles. The zero-order valence-electron chi connectivity index (χ0n) is 27.7. The number of halogens is 1. The van der Waals surface area contributed by atoms with E-state index in [-0.39, 0.29) is 31.8 Å². The summed E-state index contributed by atoms with van der Waals surface area (Å²) in [5.74, 6) is 0.522. The van der Waals surface area contributed by atoms with Gasteiger partial charge in [-0.15, -0.1) is 0 Å². The molecule has 0 N–H and O–H groups in total. The lowest BCUT2D eigenvalue weighted by Gasteiger charge is -2.40. The summed E-state index contributed by atoms with van der Waals surface area (Å²) in [6.45, 7) is 12.9. The molecular formula is C42H47IN2. The monoisotopic (exact) mass is 706 g/mol. The third kappa shape index (κ3) is 6.08. The Morgan fingerprint density at radius 2 is 1.60 bits per heavy atom. The van der Waals surface area contributed by atoms with Crippen molar-refractivity contribution in [2.45, 2.75) is 58.9 Å². The minimum Gasteiger partial charge on any atom is -0.367 e. The topological polar surface area (TPSA) is 6.48 Å². The van der Waals surface area contributed by atoms with Crippen molar-refractivity contribution in [3.8, 4) is 0 Å². The Bertz CT molecular complexity index is 1770. The average molecular weight is 707 g/mol. The maximum Gasteiger partial charge on any atom is 0.0545 e. The number of benzene rings is 3. The highest BCUT2D eigenvalue weighted by Crippen LogP contribution is 2.51. The Hall–Kier alpha value is -3.44. The van der Waals surface area contributed by atoms with Crippen LogP contribution < -0.4 is 3.11 Å². The second-order valence-corrected chi connectivity index (χ2v) is 16.6. The summed E-state index contributed by atoms with van der Waals surface area (Å²) < 4.78 is 4.08. The average Bonchev–Trinajstić information content (AvgIpc) is 3.23. The molecule has 1 aliphatic carbocycles. The van der Waals surface area contributed by atoms with Crippen molar-refractivity contribution in [3.05, 3.63) is 150 Å². The predicted molar refractivity (Wildman–Crippen MR) is 205 cm³/mol. The van der Waals surface area contributed by atoms with Gasteiger partial charge in [0.25, 0.3) is 0 Å². The molecule has 0 saturated carbocycles. The molecule has 3 heteroatoms. The number of hydrogen-bond acceptors (Lipinski definition) is 2. The summed E-state index contributed by atoms with van der Waals surface area (Å²) in [7, 11) is 2.28. The summed E-state index contributed by atoms with van der Waals surface area (Å²) in [5.41, 5.74) is 7.10. The molecule has 3 aromatic rings. The summed E-state index contributed by atoms with van der Waals surface area (Å²) >= 11 is -0.328. The van der Waals surface area contributed by atoms with E-state index in [1.165, 1.54) is 38.9 Å². The molecule has 3 aliphatic rings. The van der Waals surface area contributed by atoms with E-state index in [1.54, 1.807) is 3.51 Å². The fourth-order valence-corrected chi connectivity index (χ4v) is 10.4. The van der Waals surface area contributed by atoms with Gasteiger partial charge in [-0.25, -0.2) is 0 Å². The molecule has 2 nitrogen and oxygen atoms in total. The highest BCUT2D eigenvalue weighted by Gasteiger charge is 2.48. The van der Waals surface area contributed by atoms with Crippen LogP contribution in [0.5, 0.6) is 0 Å². The molecule has 0 bridgehead atoms. The van der Waals surface area contributed by atoms with Gasteiger partial charge in [0.2, 0.25) is 0 Å². The van der Waals surface area contributed by atoms with Crippen molar-refractivity contribution in [1.82, 2.24) is 4.90 Å². The van der Waals surface area contributed by atoms with Gasteiger partial charge in [-0.2, -0.15) is 0 Å². The van der Waals surface area contributed by atoms with Gasteiger partial charge in [0.05, 0.1) is 6.04 Å². The van der Waals surface area contributed by atoms with E-state index in [9.17, 15) is 0 Å². The number of fused-ring (bicyclic) bond motifs is 4. The van der Waals surface area contributed by atoms with Crippen LogP contribution in [0.4, 0.5) is 5.69 Å². The third-order valence-corrected chi connectivity index (χ3v) is 13.2. The van der Waals surface area contributed by atoms with E-state index in [1.807, 2.05) is 0 Å². The van der Waals surface area contributed by atoms with Crippen molar-refractivity contribution >= 4 is 41.0 Å². The van der Waals surface area contributed by atoms with E-state index in [0.717, 1.165) is 19.4 Å². The number of hydrogen-bond donors (Lipinski definition) is 0. The van der Waals surface area contributed by atoms with Crippen molar-refractivity contribution in [2.24, 2.45) is 11.3 Å². The summed E-state index contributed by atoms with van der Waals surface area (Å²) in [4.78, 5) is 2.63. The third-order valence-electron chi connectivity index (χ3n) is 9.87. The SMILES string of the molecule is CCCN1/C(=C/C=C/C=C/C=C/C2=IN(C)c3ccc4ccccc4c3C2(C)Cc2ccccc2)C(C)(C)C2C=C(C)C=CC21. The minimum atomic E-state index is -0.328. The smallest absolute Gasteiger partial charge is 0.0545 e. The summed E-state index contributed by atoms with van der Waals surface area (Å²) in [6.07, 6.45) is 25.2. The first-order valence-corrected chi connectivity index (χ1v) is 18.5. The van der Waals surface area contributed by atoms with E-state index in [0.29, 0.717) is 12.0 Å². The first-order chi connectivity index (χ1) is 21.7. The second-order valence-electron chi connectivity index (χ2n) is 13.5. The molecule has 0 spiro atoms. The number of nitrogens with zero attached hydrogens (tertiary/aromatic N) is 2. The van der Waals surface area contributed by atoms with E-state index in [2.05, 4.69) is 177 Å². The maximum absolute atomic E-state index is 2.63. The Balaban J connectivity index is 1.27. The van der Waals surface area contributed by atoms with Crippen LogP contribution in [-0.4, -0.2) is 28.0 Å². The molecule has 0 aromatic heterocycles. The van der Waals surface area contributed by atoms with Gasteiger partial charge in [-0.3, -0.25) is 0 Å². The predicted octanol–water partition coefficient (Wildman–Crippen LogP) is 10.7. The molecule has 45 heavy (non-hydrogen) atoms. The zero-order chi connectivity index (χ0) is 31.6. The van der Waals surface area contributed by atoms with Crippen LogP contribution in [0.25, 0.3) is 10.8 Å². The first-order valence-electron chi connectivity index (χ1n) is 16.4. The van der Waals surface area contributed by atoms with Gasteiger partial charge in [0, 0.05) is 66.2 Å². The molecule has 3 atom stereocenters. The fraction of sp³-hybridized carbons (Fsp3) is 0.310. The molecule has 2 heterocycles. The molecular weight excluding hydrogens is 659 g/mol. The molecule has 0 amide bonds. The van der Waals surface area contributed by atoms with Crippen LogP contribution in [0.3, 0.4) is 0 Å². The molecule has 3 unspecified atom stereocenters. The highest BCUT2D eigenvalue weighted by molar-refractivity contribution is 14.2. The Kier molecular flexibility index (Phi) is 9.19. The number of allylic oxidation sites excluding steroid dienone is 10. The number of likely N-dealkylation sites (tertiary alicyclic amines) is 1. The Labute approximate surface area is 281 Å². The van der Waals surface area contributed by atoms with Gasteiger partial charge in [0.15, 0.2) is 0 Å². The first kappa shape index (κ1) is 31.5. The van der Waals surface area contributed by atoms with Gasteiger partial charge in [0.1, 0.15) is 0 Å². The fourth-order valence-electron chi connectivity index (χ4n) is 7.62. The second kappa shape index (κ2) is 13.1. The lowest BCUT2D eigenvalue weighted by molar-refractivity contribution is 0.309. The summed E-state index contributed by atoms with van der Waals surface area (Å²) in [5, 5.41) is 2.69. The van der Waals surface area contributed by atoms with Crippen LogP contribution in [0.1, 0.15) is 52.2 Å². The van der Waals surface area contributed by atoms with Crippen LogP contribution >= 0.6 is 21.0 Å². The van der Waals surface area contributed by atoms with Crippen LogP contribution in [0, 0.1) is 11.3 Å². The van der Waals surface area contributed by atoms with Crippen LogP contribution in [0.2, 0.25) is 0 Å². The van der Waals surface area contributed by atoms with Crippen molar-refractivity contribution in [2.75, 3.05) is 16.7 Å². The van der Waals surface area contributed by atoms with Crippen molar-refractivity contribution in [1.29, 1.82) is 0 Å². The lowest BCUT2D eigenvalue weighted by atomic mass is 9.72. The van der Waals surface area contributed by atoms with Gasteiger partial charge >= 0.3 is 0 Å². The molecule has 0 radical (unpaired) electrons. The van der Waals surface area contributed by atoms with Crippen LogP contribution in [0.15, 0.2) is 139 Å². The highest BCUT2D eigenvalue weighted by atomic mass is 127. The normalized spacial score (nSPS) is 25.2. The van der Waals surface area contributed by atoms with E-state index < -0.39 is 0 Å². The standard InChI is InChI=1S/C42H47IN2/c1-7-28-45-36-26-24-31(2)29-35(36)41(3,4)39(45)23-15-10-8-9-14-22-38-42(5,30-32-18-12-11-13-19-32)40-34-21-17-16-20-33(34)25-27-37(40)44(6)43-38/h8-27,29,35-36H,7,28,30H2,1-6H3/b9-8+,15-10+,22-14+,39-23+. The van der Waals surface area contributed by atoms with E-state index in [4.69, 9.17) is 0 Å². The quantitative estimate of drug-likeness (QED) is 0.131. The van der Waals surface area contributed by atoms with E-state index >= 15 is 0 Å². The number of anilines is 1. The summed E-state index contributed by atoms with van der Waals surface area (Å²) in [6, 6.07) is 25.0. The van der Waals surface area contributed by atoms with Crippen LogP contribution in [-0.2, 0) is 11.8 Å². The van der Waals surface area contributed by atoms with Gasteiger partial charge in [-0.1, -0.05) is 149 Å². The number of rotatable bonds is 8.